The predicted octanol–water partition coefficient (Wildman–Crippen LogP) is 3.13. The molecule has 124 valence electrons. The second kappa shape index (κ2) is 5.55. The molecule has 4 aromatic rings. The van der Waals surface area contributed by atoms with E-state index < -0.39 is 0 Å². The van der Waals surface area contributed by atoms with Crippen LogP contribution in [0.5, 0.6) is 0 Å². The Balaban J connectivity index is 1.96. The van der Waals surface area contributed by atoms with Crippen LogP contribution < -0.4 is 5.73 Å². The molecule has 0 fully saturated rings. The summed E-state index contributed by atoms with van der Waals surface area (Å²) in [5.74, 6) is 1.44. The fraction of sp³-hybridized carbons (Fsp3) is 0.111. The molecular weight excluding hydrogens is 316 g/mol. The van der Waals surface area contributed by atoms with Crippen LogP contribution in [0.1, 0.15) is 17.4 Å². The Kier molecular flexibility index (Phi) is 3.35. The zero-order valence-electron chi connectivity index (χ0n) is 13.8. The van der Waals surface area contributed by atoms with Gasteiger partial charge < -0.3 is 15.6 Å². The van der Waals surface area contributed by atoms with Gasteiger partial charge in [-0.3, -0.25) is 4.57 Å². The minimum atomic E-state index is 0.551. The van der Waals surface area contributed by atoms with Crippen molar-refractivity contribution in [1.29, 1.82) is 5.41 Å². The van der Waals surface area contributed by atoms with Crippen LogP contribution in [0.2, 0.25) is 0 Å². The molecular formula is C18H16N6O. The molecule has 3 N–H and O–H groups in total. The molecule has 4 rings (SSSR count). The molecule has 0 bridgehead atoms. The van der Waals surface area contributed by atoms with Crippen LogP contribution in [0.15, 0.2) is 40.9 Å². The molecule has 7 heteroatoms. The number of allylic oxidation sites excluding steroid dienone is 1. The zero-order valence-corrected chi connectivity index (χ0v) is 13.8. The Bertz CT molecular complexity index is 1150. The van der Waals surface area contributed by atoms with Crippen LogP contribution in [0.4, 0.5) is 0 Å². The number of nitrogens with two attached hydrogens (primary N) is 1. The summed E-state index contributed by atoms with van der Waals surface area (Å²) >= 11 is 0. The first-order valence-corrected chi connectivity index (χ1v) is 7.77. The maximum atomic E-state index is 7.47. The number of nitrogens with one attached hydrogen (secondary N) is 1. The lowest BCUT2D eigenvalue weighted by Crippen LogP contribution is -2.00. The van der Waals surface area contributed by atoms with Crippen molar-refractivity contribution in [1.82, 2.24) is 19.5 Å². The van der Waals surface area contributed by atoms with Crippen molar-refractivity contribution in [2.75, 3.05) is 0 Å². The first-order valence-electron chi connectivity index (χ1n) is 7.77. The second-order valence-electron chi connectivity index (χ2n) is 5.68. The summed E-state index contributed by atoms with van der Waals surface area (Å²) in [6, 6.07) is 9.49. The molecule has 1 aromatic carbocycles. The fourth-order valence-corrected chi connectivity index (χ4v) is 2.92. The molecule has 0 radical (unpaired) electrons. The quantitative estimate of drug-likeness (QED) is 0.561. The van der Waals surface area contributed by atoms with E-state index in [-0.39, 0.29) is 0 Å². The number of aromatic nitrogens is 4. The van der Waals surface area contributed by atoms with Gasteiger partial charge in [-0.1, -0.05) is 0 Å². The van der Waals surface area contributed by atoms with Gasteiger partial charge in [-0.25, -0.2) is 15.0 Å². The second-order valence-corrected chi connectivity index (χ2v) is 5.68. The number of rotatable bonds is 3. The largest absolute Gasteiger partial charge is 0.441 e. The third-order valence-corrected chi connectivity index (χ3v) is 4.04. The van der Waals surface area contributed by atoms with Gasteiger partial charge in [-0.2, -0.15) is 0 Å². The molecule has 25 heavy (non-hydrogen) atoms. The van der Waals surface area contributed by atoms with E-state index in [1.54, 1.807) is 0 Å². The summed E-state index contributed by atoms with van der Waals surface area (Å²) in [6.07, 6.45) is 2.56. The van der Waals surface area contributed by atoms with Gasteiger partial charge in [-0.05, 0) is 37.3 Å². The van der Waals surface area contributed by atoms with Gasteiger partial charge in [-0.15, -0.1) is 0 Å². The van der Waals surface area contributed by atoms with E-state index in [9.17, 15) is 0 Å². The van der Waals surface area contributed by atoms with E-state index >= 15 is 0 Å². The Labute approximate surface area is 143 Å². The minimum absolute atomic E-state index is 0.551. The smallest absolute Gasteiger partial charge is 0.192 e. The van der Waals surface area contributed by atoms with Crippen LogP contribution >= 0.6 is 0 Å². The molecule has 0 atom stereocenters. The molecule has 0 spiro atoms. The lowest BCUT2D eigenvalue weighted by Gasteiger charge is -2.07. The van der Waals surface area contributed by atoms with E-state index in [4.69, 9.17) is 15.6 Å². The summed E-state index contributed by atoms with van der Waals surface area (Å²) in [5, 5.41) is 7.47. The number of fused-ring (bicyclic) bond motifs is 2. The molecule has 0 saturated heterocycles. The number of oxazole rings is 1. The molecule has 0 aliphatic heterocycles. The van der Waals surface area contributed by atoms with Gasteiger partial charge >= 0.3 is 0 Å². The maximum Gasteiger partial charge on any atom is 0.192 e. The van der Waals surface area contributed by atoms with Gasteiger partial charge in [0.1, 0.15) is 16.9 Å². The van der Waals surface area contributed by atoms with Crippen LogP contribution in [0, 0.1) is 19.3 Å². The molecule has 0 amide bonds. The molecule has 0 aliphatic rings. The lowest BCUT2D eigenvalue weighted by atomic mass is 10.2. The number of hydrogen-bond donors (Lipinski definition) is 2. The van der Waals surface area contributed by atoms with E-state index in [2.05, 4.69) is 15.0 Å². The van der Waals surface area contributed by atoms with Gasteiger partial charge in [0.25, 0.3) is 0 Å². The van der Waals surface area contributed by atoms with Gasteiger partial charge in [0.2, 0.25) is 0 Å². The van der Waals surface area contributed by atoms with Crippen LogP contribution in [-0.4, -0.2) is 25.7 Å². The van der Waals surface area contributed by atoms with Gasteiger partial charge in [0.15, 0.2) is 17.1 Å². The lowest BCUT2D eigenvalue weighted by molar-refractivity contribution is 0.561. The Morgan fingerprint density at radius 3 is 2.72 bits per heavy atom. The van der Waals surface area contributed by atoms with E-state index in [1.807, 2.05) is 48.7 Å². The topological polar surface area (TPSA) is 107 Å². The van der Waals surface area contributed by atoms with Crippen molar-refractivity contribution >= 4 is 34.1 Å². The number of imidazole rings is 1. The fourth-order valence-electron chi connectivity index (χ4n) is 2.92. The monoisotopic (exact) mass is 332 g/mol. The predicted molar refractivity (Wildman–Crippen MR) is 96.9 cm³/mol. The SMILES string of the molecule is Cc1nc2cc(-n3c(C)nc4ccc(/C(C=N)=C/N)nc43)ccc2o1. The normalized spacial score (nSPS) is 12.2. The highest BCUT2D eigenvalue weighted by molar-refractivity contribution is 6.07. The average Bonchev–Trinajstić information content (AvgIpc) is 3.12. The molecule has 0 unspecified atom stereocenters. The van der Waals surface area contributed by atoms with Crippen molar-refractivity contribution < 1.29 is 4.42 Å². The number of hydrogen-bond acceptors (Lipinski definition) is 6. The van der Waals surface area contributed by atoms with Gasteiger partial charge in [0, 0.05) is 24.9 Å². The van der Waals surface area contributed by atoms with Crippen molar-refractivity contribution in [3.8, 4) is 5.69 Å². The van der Waals surface area contributed by atoms with Crippen molar-refractivity contribution in [2.24, 2.45) is 5.73 Å². The van der Waals surface area contributed by atoms with Crippen molar-refractivity contribution in [2.45, 2.75) is 13.8 Å². The number of pyridine rings is 1. The number of benzene rings is 1. The summed E-state index contributed by atoms with van der Waals surface area (Å²) in [7, 11) is 0. The van der Waals surface area contributed by atoms with E-state index in [0.29, 0.717) is 22.8 Å². The van der Waals surface area contributed by atoms with Crippen LogP contribution in [0.25, 0.3) is 33.5 Å². The Morgan fingerprint density at radius 1 is 1.12 bits per heavy atom. The summed E-state index contributed by atoms with van der Waals surface area (Å²) < 4.78 is 7.50. The number of nitrogens with zero attached hydrogens (tertiary/aromatic N) is 4. The number of aryl methyl sites for hydroxylation is 2. The highest BCUT2D eigenvalue weighted by Crippen LogP contribution is 2.25. The summed E-state index contributed by atoms with van der Waals surface area (Å²) in [4.78, 5) is 13.6. The summed E-state index contributed by atoms with van der Waals surface area (Å²) in [6.45, 7) is 3.75. The highest BCUT2D eigenvalue weighted by Gasteiger charge is 2.14. The first-order chi connectivity index (χ1) is 12.1. The molecule has 0 aliphatic carbocycles. The Hall–Kier alpha value is -3.48. The van der Waals surface area contributed by atoms with Gasteiger partial charge in [0.05, 0.1) is 11.4 Å². The van der Waals surface area contributed by atoms with Crippen molar-refractivity contribution in [3.63, 3.8) is 0 Å². The van der Waals surface area contributed by atoms with Crippen LogP contribution in [0.3, 0.4) is 0 Å². The standard InChI is InChI=1S/C18H16N6O/c1-10-21-15-5-4-14(12(8-19)9-20)23-18(15)24(10)13-3-6-17-16(7-13)22-11(2)25-17/h3-9,19H,20H2,1-2H3/b12-9+,19-8?. The highest BCUT2D eigenvalue weighted by atomic mass is 16.3. The van der Waals surface area contributed by atoms with E-state index in [1.165, 1.54) is 12.4 Å². The summed E-state index contributed by atoms with van der Waals surface area (Å²) in [5.41, 5.74) is 10.7. The van der Waals surface area contributed by atoms with Crippen LogP contribution in [-0.2, 0) is 0 Å². The van der Waals surface area contributed by atoms with E-state index in [0.717, 1.165) is 28.1 Å². The van der Waals surface area contributed by atoms with Crippen molar-refractivity contribution in [3.05, 3.63) is 53.9 Å². The first kappa shape index (κ1) is 15.1. The third kappa shape index (κ3) is 2.37. The zero-order chi connectivity index (χ0) is 17.6. The molecule has 7 nitrogen and oxygen atoms in total. The maximum absolute atomic E-state index is 7.47. The molecule has 3 aromatic heterocycles. The Morgan fingerprint density at radius 2 is 1.96 bits per heavy atom. The molecule has 3 heterocycles. The average molecular weight is 332 g/mol. The molecule has 0 saturated carbocycles. The minimum Gasteiger partial charge on any atom is -0.441 e. The third-order valence-electron chi connectivity index (χ3n) is 4.04.